The lowest BCUT2D eigenvalue weighted by molar-refractivity contribution is -0.115. The molecule has 140 valence electrons. The zero-order valence-corrected chi connectivity index (χ0v) is 16.5. The second-order valence-electron chi connectivity index (χ2n) is 6.64. The van der Waals surface area contributed by atoms with E-state index in [1.54, 1.807) is 10.9 Å². The lowest BCUT2D eigenvalue weighted by Crippen LogP contribution is -2.13. The Morgan fingerprint density at radius 3 is 2.57 bits per heavy atom. The molecule has 0 bridgehead atoms. The Morgan fingerprint density at radius 1 is 1.07 bits per heavy atom. The molecule has 5 nitrogen and oxygen atoms in total. The lowest BCUT2D eigenvalue weighted by Gasteiger charge is -2.01. The molecule has 2 heterocycles. The van der Waals surface area contributed by atoms with Crippen LogP contribution in [-0.2, 0) is 11.2 Å². The van der Waals surface area contributed by atoms with Crippen molar-refractivity contribution in [2.24, 2.45) is 0 Å². The SMILES string of the molecule is Cc1ccc(-c2nc(NC(=O)Cc3cnn(-c4ccccc4)c3)sc2C)cc1. The number of nitrogens with one attached hydrogen (secondary N) is 1. The summed E-state index contributed by atoms with van der Waals surface area (Å²) in [6.45, 7) is 4.08. The smallest absolute Gasteiger partial charge is 0.230 e. The van der Waals surface area contributed by atoms with Crippen LogP contribution in [0.1, 0.15) is 16.0 Å². The van der Waals surface area contributed by atoms with Crippen LogP contribution < -0.4 is 5.32 Å². The highest BCUT2D eigenvalue weighted by atomic mass is 32.1. The molecule has 2 aromatic heterocycles. The van der Waals surface area contributed by atoms with Crippen LogP contribution in [0.2, 0.25) is 0 Å². The normalized spacial score (nSPS) is 10.8. The van der Waals surface area contributed by atoms with Crippen molar-refractivity contribution >= 4 is 22.4 Å². The number of anilines is 1. The zero-order valence-electron chi connectivity index (χ0n) is 15.7. The summed E-state index contributed by atoms with van der Waals surface area (Å²) in [6.07, 6.45) is 3.85. The van der Waals surface area contributed by atoms with E-state index in [4.69, 9.17) is 0 Å². The van der Waals surface area contributed by atoms with Crippen LogP contribution in [-0.4, -0.2) is 20.7 Å². The lowest BCUT2D eigenvalue weighted by atomic mass is 10.1. The molecular formula is C22H20N4OS. The van der Waals surface area contributed by atoms with Crippen LogP contribution in [0, 0.1) is 13.8 Å². The number of carbonyl (C=O) groups excluding carboxylic acids is 1. The van der Waals surface area contributed by atoms with E-state index in [2.05, 4.69) is 46.6 Å². The second kappa shape index (κ2) is 7.78. The van der Waals surface area contributed by atoms with E-state index < -0.39 is 0 Å². The van der Waals surface area contributed by atoms with E-state index in [0.29, 0.717) is 5.13 Å². The van der Waals surface area contributed by atoms with Gasteiger partial charge in [-0.3, -0.25) is 4.79 Å². The third-order valence-corrected chi connectivity index (χ3v) is 5.28. The summed E-state index contributed by atoms with van der Waals surface area (Å²) < 4.78 is 1.77. The van der Waals surface area contributed by atoms with Gasteiger partial charge in [-0.25, -0.2) is 9.67 Å². The number of aromatic nitrogens is 3. The topological polar surface area (TPSA) is 59.8 Å². The molecule has 4 rings (SSSR count). The first-order valence-electron chi connectivity index (χ1n) is 9.02. The predicted octanol–water partition coefficient (Wildman–Crippen LogP) is 4.79. The Hall–Kier alpha value is -3.25. The fourth-order valence-corrected chi connectivity index (χ4v) is 3.80. The second-order valence-corrected chi connectivity index (χ2v) is 7.85. The van der Waals surface area contributed by atoms with Crippen molar-refractivity contribution in [1.29, 1.82) is 0 Å². The van der Waals surface area contributed by atoms with Crippen molar-refractivity contribution in [3.63, 3.8) is 0 Å². The van der Waals surface area contributed by atoms with Crippen LogP contribution in [0.25, 0.3) is 16.9 Å². The Balaban J connectivity index is 1.44. The largest absolute Gasteiger partial charge is 0.302 e. The molecule has 0 radical (unpaired) electrons. The van der Waals surface area contributed by atoms with Crippen LogP contribution in [0.15, 0.2) is 67.0 Å². The van der Waals surface area contributed by atoms with Crippen molar-refractivity contribution in [3.05, 3.63) is 83.0 Å². The highest BCUT2D eigenvalue weighted by Crippen LogP contribution is 2.30. The average molecular weight is 388 g/mol. The van der Waals surface area contributed by atoms with Crippen LogP contribution in [0.3, 0.4) is 0 Å². The van der Waals surface area contributed by atoms with Gasteiger partial charge in [0.2, 0.25) is 5.91 Å². The van der Waals surface area contributed by atoms with Crippen LogP contribution >= 0.6 is 11.3 Å². The predicted molar refractivity (Wildman–Crippen MR) is 113 cm³/mol. The number of rotatable bonds is 5. The molecule has 28 heavy (non-hydrogen) atoms. The number of para-hydroxylation sites is 1. The fraction of sp³-hybridized carbons (Fsp3) is 0.136. The molecule has 1 N–H and O–H groups in total. The van der Waals surface area contributed by atoms with E-state index in [-0.39, 0.29) is 12.3 Å². The minimum Gasteiger partial charge on any atom is -0.302 e. The maximum absolute atomic E-state index is 12.4. The molecule has 2 aromatic carbocycles. The van der Waals surface area contributed by atoms with E-state index >= 15 is 0 Å². The van der Waals surface area contributed by atoms with Crippen molar-refractivity contribution < 1.29 is 4.79 Å². The van der Waals surface area contributed by atoms with Crippen molar-refractivity contribution in [2.45, 2.75) is 20.3 Å². The van der Waals surface area contributed by atoms with Gasteiger partial charge >= 0.3 is 0 Å². The number of benzene rings is 2. The summed E-state index contributed by atoms with van der Waals surface area (Å²) in [7, 11) is 0. The first-order valence-corrected chi connectivity index (χ1v) is 9.83. The molecule has 0 fully saturated rings. The number of hydrogen-bond acceptors (Lipinski definition) is 4. The molecule has 1 amide bonds. The van der Waals surface area contributed by atoms with Crippen molar-refractivity contribution in [3.8, 4) is 16.9 Å². The van der Waals surface area contributed by atoms with Gasteiger partial charge in [-0.05, 0) is 31.5 Å². The van der Waals surface area contributed by atoms with E-state index in [9.17, 15) is 4.79 Å². The summed E-state index contributed by atoms with van der Waals surface area (Å²) in [6, 6.07) is 18.1. The summed E-state index contributed by atoms with van der Waals surface area (Å²) in [4.78, 5) is 18.1. The molecule has 0 spiro atoms. The highest BCUT2D eigenvalue weighted by Gasteiger charge is 2.13. The number of hydrogen-bond donors (Lipinski definition) is 1. The Bertz CT molecular complexity index is 1100. The van der Waals surface area contributed by atoms with Gasteiger partial charge < -0.3 is 5.32 Å². The molecular weight excluding hydrogens is 368 g/mol. The van der Waals surface area contributed by atoms with Gasteiger partial charge in [0, 0.05) is 16.6 Å². The summed E-state index contributed by atoms with van der Waals surface area (Å²) in [5.41, 5.74) is 5.00. The molecule has 0 aliphatic rings. The monoisotopic (exact) mass is 388 g/mol. The van der Waals surface area contributed by atoms with Gasteiger partial charge in [-0.15, -0.1) is 11.3 Å². The van der Waals surface area contributed by atoms with E-state index in [1.165, 1.54) is 16.9 Å². The van der Waals surface area contributed by atoms with E-state index in [0.717, 1.165) is 27.4 Å². The van der Waals surface area contributed by atoms with Crippen LogP contribution in [0.4, 0.5) is 5.13 Å². The maximum atomic E-state index is 12.4. The van der Waals surface area contributed by atoms with Crippen molar-refractivity contribution in [1.82, 2.24) is 14.8 Å². The standard InChI is InChI=1S/C22H20N4OS/c1-15-8-10-18(11-9-15)21-16(2)28-22(25-21)24-20(27)12-17-13-23-26(14-17)19-6-4-3-5-7-19/h3-11,13-14H,12H2,1-2H3,(H,24,25,27). The molecule has 4 aromatic rings. The third kappa shape index (κ3) is 4.02. The minimum absolute atomic E-state index is 0.100. The first-order chi connectivity index (χ1) is 13.6. The Kier molecular flexibility index (Phi) is 5.04. The summed E-state index contributed by atoms with van der Waals surface area (Å²) in [5.74, 6) is -0.100. The average Bonchev–Trinajstić information content (AvgIpc) is 3.30. The van der Waals surface area contributed by atoms with Gasteiger partial charge in [0.25, 0.3) is 0 Å². The number of carbonyl (C=O) groups is 1. The van der Waals surface area contributed by atoms with Gasteiger partial charge in [-0.2, -0.15) is 5.10 Å². The van der Waals surface area contributed by atoms with Gasteiger partial charge in [0.1, 0.15) is 0 Å². The van der Waals surface area contributed by atoms with Gasteiger partial charge in [0.05, 0.1) is 24.0 Å². The zero-order chi connectivity index (χ0) is 19.5. The molecule has 0 aliphatic heterocycles. The van der Waals surface area contributed by atoms with Gasteiger partial charge in [-0.1, -0.05) is 48.0 Å². The molecule has 0 aliphatic carbocycles. The maximum Gasteiger partial charge on any atom is 0.230 e. The number of amides is 1. The van der Waals surface area contributed by atoms with Gasteiger partial charge in [0.15, 0.2) is 5.13 Å². The fourth-order valence-electron chi connectivity index (χ4n) is 2.95. The number of aryl methyl sites for hydroxylation is 2. The summed E-state index contributed by atoms with van der Waals surface area (Å²) in [5, 5.41) is 7.87. The quantitative estimate of drug-likeness (QED) is 0.534. The molecule has 0 unspecified atom stereocenters. The Labute approximate surface area is 167 Å². The number of nitrogens with zero attached hydrogens (tertiary/aromatic N) is 3. The third-order valence-electron chi connectivity index (χ3n) is 4.39. The number of thiazole rings is 1. The molecule has 0 saturated carbocycles. The molecule has 0 atom stereocenters. The molecule has 0 saturated heterocycles. The minimum atomic E-state index is -0.100. The molecule has 6 heteroatoms. The van der Waals surface area contributed by atoms with E-state index in [1.807, 2.05) is 43.5 Å². The Morgan fingerprint density at radius 2 is 1.82 bits per heavy atom. The summed E-state index contributed by atoms with van der Waals surface area (Å²) >= 11 is 1.49. The van der Waals surface area contributed by atoms with Crippen molar-refractivity contribution in [2.75, 3.05) is 5.32 Å². The van der Waals surface area contributed by atoms with Crippen LogP contribution in [0.5, 0.6) is 0 Å². The first kappa shape index (κ1) is 18.1. The highest BCUT2D eigenvalue weighted by molar-refractivity contribution is 7.16.